The van der Waals surface area contributed by atoms with Gasteiger partial charge in [0.1, 0.15) is 6.61 Å². The van der Waals surface area contributed by atoms with Crippen LogP contribution in [0, 0.1) is 0 Å². The fourth-order valence-corrected chi connectivity index (χ4v) is 3.11. The molecule has 1 aliphatic rings. The van der Waals surface area contributed by atoms with Crippen molar-refractivity contribution in [1.82, 2.24) is 0 Å². The zero-order valence-electron chi connectivity index (χ0n) is 8.39. The van der Waals surface area contributed by atoms with Crippen LogP contribution >= 0.6 is 10.7 Å². The smallest absolute Gasteiger partial charge is 0.372 e. The third-order valence-corrected chi connectivity index (χ3v) is 5.14. The fourth-order valence-electron chi connectivity index (χ4n) is 1.44. The molecule has 0 aromatic heterocycles. The lowest BCUT2D eigenvalue weighted by molar-refractivity contribution is -0.174. The van der Waals surface area contributed by atoms with Gasteiger partial charge < -0.3 is 4.74 Å². The Labute approximate surface area is 96.3 Å². The Morgan fingerprint density at radius 3 is 2.25 bits per heavy atom. The summed E-state index contributed by atoms with van der Waals surface area (Å²) in [5, 5.41) is 0. The van der Waals surface area contributed by atoms with Crippen LogP contribution in [0.5, 0.6) is 0 Å². The highest BCUT2D eigenvalue weighted by Crippen LogP contribution is 2.49. The van der Waals surface area contributed by atoms with Gasteiger partial charge in [-0.05, 0) is 25.7 Å². The lowest BCUT2D eigenvalue weighted by Crippen LogP contribution is -2.20. The molecule has 0 aromatic rings. The van der Waals surface area contributed by atoms with Crippen molar-refractivity contribution < 1.29 is 26.3 Å². The first-order chi connectivity index (χ1) is 7.16. The van der Waals surface area contributed by atoms with Crippen LogP contribution < -0.4 is 0 Å². The highest BCUT2D eigenvalue weighted by atomic mass is 35.7. The number of hydrogen-bond acceptors (Lipinski definition) is 3. The quantitative estimate of drug-likeness (QED) is 0.554. The molecule has 0 bridgehead atoms. The summed E-state index contributed by atoms with van der Waals surface area (Å²) in [6, 6.07) is 0. The molecule has 0 saturated heterocycles. The average Bonchev–Trinajstić information content (AvgIpc) is 2.81. The SMILES string of the molecule is O=S(=O)(Cl)C1(CCCOCC(F)(F)F)CC1. The number of halogens is 4. The second-order valence-corrected chi connectivity index (χ2v) is 6.85. The van der Waals surface area contributed by atoms with Gasteiger partial charge >= 0.3 is 6.18 Å². The minimum absolute atomic E-state index is 0.104. The molecule has 1 aliphatic carbocycles. The van der Waals surface area contributed by atoms with Crippen LogP contribution in [0.25, 0.3) is 0 Å². The number of rotatable bonds is 6. The Kier molecular flexibility index (Phi) is 4.13. The van der Waals surface area contributed by atoms with Crippen LogP contribution in [0.15, 0.2) is 0 Å². The van der Waals surface area contributed by atoms with E-state index in [4.69, 9.17) is 10.7 Å². The zero-order chi connectivity index (χ0) is 12.4. The van der Waals surface area contributed by atoms with E-state index >= 15 is 0 Å². The van der Waals surface area contributed by atoms with Gasteiger partial charge in [0.25, 0.3) is 0 Å². The largest absolute Gasteiger partial charge is 0.411 e. The van der Waals surface area contributed by atoms with Gasteiger partial charge in [0.2, 0.25) is 9.05 Å². The first kappa shape index (κ1) is 14.1. The minimum Gasteiger partial charge on any atom is -0.372 e. The first-order valence-electron chi connectivity index (χ1n) is 4.75. The molecule has 0 amide bonds. The van der Waals surface area contributed by atoms with Gasteiger partial charge in [-0.15, -0.1) is 0 Å². The summed E-state index contributed by atoms with van der Waals surface area (Å²) >= 11 is 0. The van der Waals surface area contributed by atoms with E-state index < -0.39 is 26.6 Å². The minimum atomic E-state index is -4.34. The van der Waals surface area contributed by atoms with Gasteiger partial charge in [-0.3, -0.25) is 0 Å². The second-order valence-electron chi connectivity index (χ2n) is 3.89. The van der Waals surface area contributed by atoms with Crippen LogP contribution in [0.1, 0.15) is 25.7 Å². The van der Waals surface area contributed by atoms with Crippen LogP contribution in [0.2, 0.25) is 0 Å². The molecule has 0 aromatic carbocycles. The lowest BCUT2D eigenvalue weighted by atomic mass is 10.2. The molecule has 8 heteroatoms. The molecule has 3 nitrogen and oxygen atoms in total. The maximum absolute atomic E-state index is 11.7. The normalized spacial score (nSPS) is 19.8. The Morgan fingerprint density at radius 2 is 1.88 bits per heavy atom. The highest BCUT2D eigenvalue weighted by Gasteiger charge is 2.52. The molecular formula is C8H12ClF3O3S. The molecule has 96 valence electrons. The van der Waals surface area contributed by atoms with E-state index in [2.05, 4.69) is 4.74 Å². The maximum atomic E-state index is 11.7. The van der Waals surface area contributed by atoms with Crippen molar-refractivity contribution in [1.29, 1.82) is 0 Å². The third-order valence-electron chi connectivity index (χ3n) is 2.51. The summed E-state index contributed by atoms with van der Waals surface area (Å²) in [5.41, 5.74) is 0. The van der Waals surface area contributed by atoms with E-state index in [0.29, 0.717) is 12.8 Å². The van der Waals surface area contributed by atoms with E-state index in [1.807, 2.05) is 0 Å². The predicted octanol–water partition coefficient (Wildman–Crippen LogP) is 2.45. The molecule has 0 atom stereocenters. The predicted molar refractivity (Wildman–Crippen MR) is 52.8 cm³/mol. The maximum Gasteiger partial charge on any atom is 0.411 e. The summed E-state index contributed by atoms with van der Waals surface area (Å²) in [4.78, 5) is 0. The summed E-state index contributed by atoms with van der Waals surface area (Å²) in [6.45, 7) is -1.40. The first-order valence-corrected chi connectivity index (χ1v) is 7.06. The Bertz CT molecular complexity index is 335. The van der Waals surface area contributed by atoms with Gasteiger partial charge in [0.05, 0.1) is 4.75 Å². The van der Waals surface area contributed by atoms with Crippen molar-refractivity contribution >= 4 is 19.7 Å². The van der Waals surface area contributed by atoms with Gasteiger partial charge in [0, 0.05) is 17.3 Å². The molecule has 0 heterocycles. The molecule has 16 heavy (non-hydrogen) atoms. The van der Waals surface area contributed by atoms with Gasteiger partial charge in [-0.25, -0.2) is 8.42 Å². The van der Waals surface area contributed by atoms with Crippen molar-refractivity contribution in [3.63, 3.8) is 0 Å². The third kappa shape index (κ3) is 4.10. The van der Waals surface area contributed by atoms with Crippen LogP contribution in [0.4, 0.5) is 13.2 Å². The van der Waals surface area contributed by atoms with Crippen molar-refractivity contribution in [2.24, 2.45) is 0 Å². The second kappa shape index (κ2) is 4.70. The van der Waals surface area contributed by atoms with Crippen LogP contribution in [-0.2, 0) is 13.8 Å². The molecule has 0 N–H and O–H groups in total. The Morgan fingerprint density at radius 1 is 1.31 bits per heavy atom. The molecular weight excluding hydrogens is 269 g/mol. The van der Waals surface area contributed by atoms with E-state index in [1.165, 1.54) is 0 Å². The van der Waals surface area contributed by atoms with Gasteiger partial charge in [-0.1, -0.05) is 0 Å². The number of alkyl halides is 3. The summed E-state index contributed by atoms with van der Waals surface area (Å²) in [7, 11) is 1.61. The van der Waals surface area contributed by atoms with E-state index in [0.717, 1.165) is 0 Å². The number of ether oxygens (including phenoxy) is 1. The highest BCUT2D eigenvalue weighted by molar-refractivity contribution is 8.15. The van der Waals surface area contributed by atoms with Gasteiger partial charge in [-0.2, -0.15) is 13.2 Å². The summed E-state index contributed by atoms with van der Waals surface area (Å²) < 4.78 is 60.7. The van der Waals surface area contributed by atoms with E-state index in [1.54, 1.807) is 0 Å². The molecule has 0 unspecified atom stereocenters. The number of hydrogen-bond donors (Lipinski definition) is 0. The van der Waals surface area contributed by atoms with Crippen LogP contribution in [0.3, 0.4) is 0 Å². The molecule has 0 spiro atoms. The molecule has 0 aliphatic heterocycles. The Balaban J connectivity index is 2.18. The van der Waals surface area contributed by atoms with E-state index in [9.17, 15) is 21.6 Å². The van der Waals surface area contributed by atoms with Gasteiger partial charge in [0.15, 0.2) is 0 Å². The van der Waals surface area contributed by atoms with Crippen molar-refractivity contribution in [3.8, 4) is 0 Å². The summed E-state index contributed by atoms with van der Waals surface area (Å²) in [6.07, 6.45) is -2.84. The van der Waals surface area contributed by atoms with E-state index in [-0.39, 0.29) is 19.4 Å². The monoisotopic (exact) mass is 280 g/mol. The average molecular weight is 281 g/mol. The Hall–Kier alpha value is -0.0100. The van der Waals surface area contributed by atoms with Crippen molar-refractivity contribution in [3.05, 3.63) is 0 Å². The topological polar surface area (TPSA) is 43.4 Å². The summed E-state index contributed by atoms with van der Waals surface area (Å²) in [5.74, 6) is 0. The molecule has 1 rings (SSSR count). The van der Waals surface area contributed by atoms with Crippen molar-refractivity contribution in [2.45, 2.75) is 36.6 Å². The fraction of sp³-hybridized carbons (Fsp3) is 1.00. The molecule has 0 radical (unpaired) electrons. The van der Waals surface area contributed by atoms with Crippen LogP contribution in [-0.4, -0.2) is 32.6 Å². The van der Waals surface area contributed by atoms with Crippen molar-refractivity contribution in [2.75, 3.05) is 13.2 Å². The standard InChI is InChI=1S/C8H12ClF3O3S/c9-16(13,14)7(3-4-7)2-1-5-15-6-8(10,11)12/h1-6H2. The zero-order valence-corrected chi connectivity index (χ0v) is 9.96. The molecule has 1 fully saturated rings. The lowest BCUT2D eigenvalue weighted by Gasteiger charge is -2.11. The molecule has 1 saturated carbocycles.